The molecule has 0 spiro atoms. The van der Waals surface area contributed by atoms with E-state index in [1.807, 2.05) is 0 Å². The van der Waals surface area contributed by atoms with E-state index in [1.165, 1.54) is 6.07 Å². The predicted octanol–water partition coefficient (Wildman–Crippen LogP) is 2.43. The first-order valence-electron chi connectivity index (χ1n) is 6.12. The van der Waals surface area contributed by atoms with Crippen LogP contribution in [0.5, 0.6) is 0 Å². The molecule has 20 heavy (non-hydrogen) atoms. The van der Waals surface area contributed by atoms with Crippen LogP contribution in [0, 0.1) is 0 Å². The number of hydrogen-bond acceptors (Lipinski definition) is 3. The maximum atomic E-state index is 12.4. The number of carbonyl (C=O) groups is 1. The molecule has 7 heteroatoms. The molecule has 1 aromatic rings. The van der Waals surface area contributed by atoms with E-state index in [1.54, 1.807) is 19.9 Å². The van der Waals surface area contributed by atoms with E-state index in [-0.39, 0.29) is 11.6 Å². The van der Waals surface area contributed by atoms with Crippen LogP contribution in [0.25, 0.3) is 0 Å². The van der Waals surface area contributed by atoms with Gasteiger partial charge in [0, 0.05) is 6.54 Å². The average Bonchev–Trinajstić information content (AvgIpc) is 2.47. The Morgan fingerprint density at radius 1 is 1.20 bits per heavy atom. The van der Waals surface area contributed by atoms with E-state index in [0.717, 1.165) is 4.90 Å². The molecule has 0 unspecified atom stereocenters. The first-order chi connectivity index (χ1) is 9.04. The number of amides is 1. The first-order valence-corrected chi connectivity index (χ1v) is 6.12. The van der Waals surface area contributed by atoms with Gasteiger partial charge in [0.2, 0.25) is 5.91 Å². The van der Waals surface area contributed by atoms with E-state index in [2.05, 4.69) is 0 Å². The minimum atomic E-state index is -4.31. The van der Waals surface area contributed by atoms with Gasteiger partial charge in [-0.15, -0.1) is 0 Å². The van der Waals surface area contributed by atoms with Gasteiger partial charge in [0.15, 0.2) is 0 Å². The first kappa shape index (κ1) is 14.5. The summed E-state index contributed by atoms with van der Waals surface area (Å²) in [5.74, 6) is -0.373. The summed E-state index contributed by atoms with van der Waals surface area (Å²) in [6.45, 7) is 2.91. The van der Waals surface area contributed by atoms with Gasteiger partial charge in [0.25, 0.3) is 0 Å². The Bertz CT molecular complexity index is 567. The summed E-state index contributed by atoms with van der Waals surface area (Å²) in [7, 11) is 0. The minimum Gasteiger partial charge on any atom is -0.397 e. The van der Waals surface area contributed by atoms with E-state index in [9.17, 15) is 18.0 Å². The second kappa shape index (κ2) is 4.29. The number of nitrogens with zero attached hydrogens (tertiary/aromatic N) is 1. The minimum absolute atomic E-state index is 0.256. The molecule has 0 aliphatic carbocycles. The molecule has 0 fully saturated rings. The van der Waals surface area contributed by atoms with Crippen LogP contribution in [-0.2, 0) is 10.2 Å². The fourth-order valence-electron chi connectivity index (χ4n) is 2.37. The van der Waals surface area contributed by atoms with Gasteiger partial charge in [-0.1, -0.05) is 0 Å². The van der Waals surface area contributed by atoms with Gasteiger partial charge >= 0.3 is 6.18 Å². The molecule has 0 aromatic heterocycles. The molecule has 1 aliphatic rings. The standard InChI is InChI=1S/C13H16F3N3O/c1-12(2)7-5-8(17)9(18)6-10(7)19(11(12)20)4-3-13(14,15)16/h5-6H,3-4,17-18H2,1-2H3. The number of nitrogens with two attached hydrogens (primary N) is 2. The number of benzene rings is 1. The van der Waals surface area contributed by atoms with Crippen molar-refractivity contribution in [3.8, 4) is 0 Å². The normalized spacial score (nSPS) is 17.4. The van der Waals surface area contributed by atoms with Gasteiger partial charge in [0.05, 0.1) is 28.9 Å². The zero-order chi connectivity index (χ0) is 15.3. The smallest absolute Gasteiger partial charge is 0.390 e. The van der Waals surface area contributed by atoms with Gasteiger partial charge in [-0.25, -0.2) is 0 Å². The van der Waals surface area contributed by atoms with Crippen molar-refractivity contribution in [3.63, 3.8) is 0 Å². The molecule has 110 valence electrons. The van der Waals surface area contributed by atoms with Crippen molar-refractivity contribution in [3.05, 3.63) is 17.7 Å². The van der Waals surface area contributed by atoms with Crippen molar-refractivity contribution in [2.75, 3.05) is 22.9 Å². The Hall–Kier alpha value is -1.92. The molecule has 1 amide bonds. The number of alkyl halides is 3. The van der Waals surface area contributed by atoms with Gasteiger partial charge in [-0.05, 0) is 31.5 Å². The number of rotatable bonds is 2. The lowest BCUT2D eigenvalue weighted by Crippen LogP contribution is -2.38. The molecule has 0 radical (unpaired) electrons. The SMILES string of the molecule is CC1(C)C(=O)N(CCC(F)(F)F)c2cc(N)c(N)cc21. The van der Waals surface area contributed by atoms with E-state index < -0.39 is 24.6 Å². The molecular weight excluding hydrogens is 271 g/mol. The molecule has 4 nitrogen and oxygen atoms in total. The average molecular weight is 287 g/mol. The quantitative estimate of drug-likeness (QED) is 0.820. The van der Waals surface area contributed by atoms with Crippen LogP contribution < -0.4 is 16.4 Å². The topological polar surface area (TPSA) is 72.3 Å². The lowest BCUT2D eigenvalue weighted by Gasteiger charge is -2.21. The second-order valence-corrected chi connectivity index (χ2v) is 5.45. The summed E-state index contributed by atoms with van der Waals surface area (Å²) < 4.78 is 37.1. The highest BCUT2D eigenvalue weighted by Crippen LogP contribution is 2.44. The fourth-order valence-corrected chi connectivity index (χ4v) is 2.37. The maximum absolute atomic E-state index is 12.4. The third kappa shape index (κ3) is 2.28. The van der Waals surface area contributed by atoms with Gasteiger partial charge in [-0.3, -0.25) is 4.79 Å². The number of anilines is 3. The molecule has 1 aromatic carbocycles. The van der Waals surface area contributed by atoms with Crippen LogP contribution in [0.2, 0.25) is 0 Å². The number of nitrogen functional groups attached to an aromatic ring is 2. The molecule has 4 N–H and O–H groups in total. The Balaban J connectivity index is 2.42. The van der Waals surface area contributed by atoms with Crippen molar-refractivity contribution in [2.24, 2.45) is 0 Å². The van der Waals surface area contributed by atoms with Gasteiger partial charge in [0.1, 0.15) is 0 Å². The van der Waals surface area contributed by atoms with Gasteiger partial charge in [-0.2, -0.15) is 13.2 Å². The number of halogens is 3. The summed E-state index contributed by atoms with van der Waals surface area (Å²) in [5.41, 5.74) is 12.1. The summed E-state index contributed by atoms with van der Waals surface area (Å²) in [5, 5.41) is 0. The Morgan fingerprint density at radius 3 is 2.30 bits per heavy atom. The molecular formula is C13H16F3N3O. The molecule has 2 rings (SSSR count). The van der Waals surface area contributed by atoms with Crippen molar-refractivity contribution in [1.82, 2.24) is 0 Å². The lowest BCUT2D eigenvalue weighted by molar-refractivity contribution is -0.134. The molecule has 0 bridgehead atoms. The van der Waals surface area contributed by atoms with Crippen molar-refractivity contribution in [2.45, 2.75) is 31.9 Å². The second-order valence-electron chi connectivity index (χ2n) is 5.45. The zero-order valence-electron chi connectivity index (χ0n) is 11.2. The number of fused-ring (bicyclic) bond motifs is 1. The van der Waals surface area contributed by atoms with E-state index >= 15 is 0 Å². The highest BCUT2D eigenvalue weighted by atomic mass is 19.4. The van der Waals surface area contributed by atoms with Crippen LogP contribution in [-0.4, -0.2) is 18.6 Å². The molecule has 0 atom stereocenters. The Morgan fingerprint density at radius 2 is 1.75 bits per heavy atom. The van der Waals surface area contributed by atoms with E-state index in [0.29, 0.717) is 16.9 Å². The summed E-state index contributed by atoms with van der Waals surface area (Å²) in [6, 6.07) is 3.03. The largest absolute Gasteiger partial charge is 0.397 e. The van der Waals surface area contributed by atoms with Crippen molar-refractivity contribution < 1.29 is 18.0 Å². The van der Waals surface area contributed by atoms with Crippen molar-refractivity contribution in [1.29, 1.82) is 0 Å². The third-order valence-corrected chi connectivity index (χ3v) is 3.56. The lowest BCUT2D eigenvalue weighted by atomic mass is 9.86. The van der Waals surface area contributed by atoms with Crippen molar-refractivity contribution >= 4 is 23.0 Å². The Labute approximate surface area is 114 Å². The highest BCUT2D eigenvalue weighted by molar-refractivity contribution is 6.08. The molecule has 1 heterocycles. The Kier molecular flexibility index (Phi) is 3.11. The van der Waals surface area contributed by atoms with Crippen LogP contribution >= 0.6 is 0 Å². The van der Waals surface area contributed by atoms with Crippen LogP contribution in [0.4, 0.5) is 30.2 Å². The molecule has 0 saturated heterocycles. The van der Waals surface area contributed by atoms with Crippen LogP contribution in [0.1, 0.15) is 25.8 Å². The van der Waals surface area contributed by atoms with Crippen LogP contribution in [0.15, 0.2) is 12.1 Å². The summed E-state index contributed by atoms with van der Waals surface area (Å²) in [6.07, 6.45) is -5.37. The third-order valence-electron chi connectivity index (χ3n) is 3.56. The molecule has 0 saturated carbocycles. The maximum Gasteiger partial charge on any atom is 0.390 e. The monoisotopic (exact) mass is 287 g/mol. The number of hydrogen-bond donors (Lipinski definition) is 2. The predicted molar refractivity (Wildman–Crippen MR) is 71.3 cm³/mol. The molecule has 1 aliphatic heterocycles. The van der Waals surface area contributed by atoms with Gasteiger partial charge < -0.3 is 16.4 Å². The summed E-state index contributed by atoms with van der Waals surface area (Å²) >= 11 is 0. The highest BCUT2D eigenvalue weighted by Gasteiger charge is 2.45. The summed E-state index contributed by atoms with van der Waals surface area (Å²) in [4.78, 5) is 13.4. The van der Waals surface area contributed by atoms with E-state index in [4.69, 9.17) is 11.5 Å². The number of carbonyl (C=O) groups excluding carboxylic acids is 1. The zero-order valence-corrected chi connectivity index (χ0v) is 11.2. The fraction of sp³-hybridized carbons (Fsp3) is 0.462. The van der Waals surface area contributed by atoms with Crippen LogP contribution in [0.3, 0.4) is 0 Å².